The Morgan fingerprint density at radius 3 is 1.39 bits per heavy atom. The molecule has 2 nitrogen and oxygen atoms in total. The first-order valence-corrected chi connectivity index (χ1v) is 20.6. The van der Waals surface area contributed by atoms with Crippen molar-refractivity contribution in [1.29, 1.82) is 0 Å². The van der Waals surface area contributed by atoms with Gasteiger partial charge in [-0.25, -0.2) is 0 Å². The second-order valence-electron chi connectivity index (χ2n) is 14.4. The van der Waals surface area contributed by atoms with Gasteiger partial charge in [0.15, 0.2) is 0 Å². The summed E-state index contributed by atoms with van der Waals surface area (Å²) in [6, 6.07) is 62.4. The van der Waals surface area contributed by atoms with Gasteiger partial charge in [0, 0.05) is 28.9 Å². The average molecular weight is 739 g/mol. The molecule has 0 spiro atoms. The lowest BCUT2D eigenvalue weighted by molar-refractivity contribution is 1.13. The largest absolute Gasteiger partial charge is 0.309 e. The molecule has 2 heterocycles. The van der Waals surface area contributed by atoms with Gasteiger partial charge < -0.3 is 4.57 Å². The summed E-state index contributed by atoms with van der Waals surface area (Å²) in [6.45, 7) is 10.2. The van der Waals surface area contributed by atoms with Gasteiger partial charge >= 0.3 is 0 Å². The van der Waals surface area contributed by atoms with Crippen LogP contribution in [0, 0.1) is 6.92 Å². The molecule has 0 bridgehead atoms. The van der Waals surface area contributed by atoms with Crippen molar-refractivity contribution in [1.82, 2.24) is 9.55 Å². The molecule has 1 saturated carbocycles. The van der Waals surface area contributed by atoms with Gasteiger partial charge in [0.05, 0.1) is 11.0 Å². The van der Waals surface area contributed by atoms with E-state index in [-0.39, 0.29) is 0 Å². The van der Waals surface area contributed by atoms with Crippen LogP contribution < -0.4 is 0 Å². The molecule has 0 amide bonds. The standard InChI is InChI=1S/C51H38N2.2C2H6/c1-34-33-52-27-26-45(34)49-32-43(24-25-46(49)35-22-23-35)41-15-8-13-39(30-41)37-11-6-10-36(28-37)38-12-7-14-40(29-38)42-16-9-17-44(31-42)53-50-20-4-2-18-47(50)48-19-3-5-21-51(48)53;2*1-2/h2-21,24-33,35H,22-23H2,1H3;2*1-2H3. The summed E-state index contributed by atoms with van der Waals surface area (Å²) in [4.78, 5) is 4.37. The number of rotatable bonds is 7. The van der Waals surface area contributed by atoms with Crippen LogP contribution in [0.25, 0.3) is 83.1 Å². The molecule has 1 aliphatic rings. The summed E-state index contributed by atoms with van der Waals surface area (Å²) in [7, 11) is 0. The van der Waals surface area contributed by atoms with E-state index in [0.717, 1.165) is 5.69 Å². The summed E-state index contributed by atoms with van der Waals surface area (Å²) in [5, 5.41) is 2.55. The van der Waals surface area contributed by atoms with E-state index in [9.17, 15) is 0 Å². The third-order valence-electron chi connectivity index (χ3n) is 11.0. The molecule has 1 aliphatic carbocycles. The first kappa shape index (κ1) is 37.4. The lowest BCUT2D eigenvalue weighted by atomic mass is 9.90. The van der Waals surface area contributed by atoms with Crippen molar-refractivity contribution in [3.8, 4) is 61.3 Å². The zero-order valence-corrected chi connectivity index (χ0v) is 33.7. The van der Waals surface area contributed by atoms with E-state index in [1.807, 2.05) is 40.1 Å². The topological polar surface area (TPSA) is 17.8 Å². The Kier molecular flexibility index (Phi) is 11.0. The number of nitrogens with zero attached hydrogens (tertiary/aromatic N) is 2. The van der Waals surface area contributed by atoms with Gasteiger partial charge in [0.1, 0.15) is 0 Å². The van der Waals surface area contributed by atoms with E-state index in [0.29, 0.717) is 5.92 Å². The maximum atomic E-state index is 4.37. The number of hydrogen-bond donors (Lipinski definition) is 0. The molecule has 10 rings (SSSR count). The van der Waals surface area contributed by atoms with Crippen LogP contribution in [-0.2, 0) is 0 Å². The van der Waals surface area contributed by atoms with Crippen LogP contribution in [0.1, 0.15) is 57.6 Å². The molecular formula is C55H50N2. The Balaban J connectivity index is 0.00000110. The minimum Gasteiger partial charge on any atom is -0.309 e. The fourth-order valence-electron chi connectivity index (χ4n) is 8.16. The molecule has 2 aromatic heterocycles. The number of fused-ring (bicyclic) bond motifs is 3. The van der Waals surface area contributed by atoms with Gasteiger partial charge in [0.25, 0.3) is 0 Å². The Hall–Kier alpha value is -6.51. The smallest absolute Gasteiger partial charge is 0.0541 e. The second-order valence-corrected chi connectivity index (χ2v) is 14.4. The summed E-state index contributed by atoms with van der Waals surface area (Å²) in [5.41, 5.74) is 18.6. The highest BCUT2D eigenvalue weighted by Gasteiger charge is 2.27. The van der Waals surface area contributed by atoms with E-state index < -0.39 is 0 Å². The summed E-state index contributed by atoms with van der Waals surface area (Å²) >= 11 is 0. The number of hydrogen-bond acceptors (Lipinski definition) is 1. The molecule has 0 aliphatic heterocycles. The van der Waals surface area contributed by atoms with E-state index in [1.165, 1.54) is 101 Å². The molecule has 1 fully saturated rings. The molecule has 280 valence electrons. The SMILES string of the molecule is CC.CC.Cc1cnccc1-c1cc(-c2cccc(-c3cccc(-c4cccc(-c5cccc(-n6c7ccccc7c7ccccc76)c5)c4)c3)c2)ccc1C1CC1. The summed E-state index contributed by atoms with van der Waals surface area (Å²) < 4.78 is 2.39. The molecule has 9 aromatic rings. The Morgan fingerprint density at radius 1 is 0.439 bits per heavy atom. The highest BCUT2D eigenvalue weighted by atomic mass is 15.0. The summed E-state index contributed by atoms with van der Waals surface area (Å²) in [5.74, 6) is 0.670. The van der Waals surface area contributed by atoms with Gasteiger partial charge in [-0.2, -0.15) is 0 Å². The number of para-hydroxylation sites is 2. The first-order chi connectivity index (χ1) is 28.2. The molecule has 0 saturated heterocycles. The summed E-state index contributed by atoms with van der Waals surface area (Å²) in [6.07, 6.45) is 6.45. The predicted octanol–water partition coefficient (Wildman–Crippen LogP) is 15.8. The van der Waals surface area contributed by atoms with Crippen LogP contribution in [0.4, 0.5) is 0 Å². The number of benzene rings is 7. The van der Waals surface area contributed by atoms with Crippen molar-refractivity contribution in [3.63, 3.8) is 0 Å². The van der Waals surface area contributed by atoms with Crippen molar-refractivity contribution >= 4 is 21.8 Å². The highest BCUT2D eigenvalue weighted by molar-refractivity contribution is 6.09. The Morgan fingerprint density at radius 2 is 0.895 bits per heavy atom. The van der Waals surface area contributed by atoms with E-state index in [1.54, 1.807) is 0 Å². The van der Waals surface area contributed by atoms with Gasteiger partial charge in [-0.15, -0.1) is 0 Å². The van der Waals surface area contributed by atoms with Crippen molar-refractivity contribution in [2.75, 3.05) is 0 Å². The molecule has 0 unspecified atom stereocenters. The van der Waals surface area contributed by atoms with E-state index in [4.69, 9.17) is 0 Å². The van der Waals surface area contributed by atoms with Crippen LogP contribution in [0.15, 0.2) is 182 Å². The number of aromatic nitrogens is 2. The van der Waals surface area contributed by atoms with Gasteiger partial charge in [0.2, 0.25) is 0 Å². The van der Waals surface area contributed by atoms with Gasteiger partial charge in [-0.1, -0.05) is 143 Å². The molecule has 7 aromatic carbocycles. The zero-order valence-electron chi connectivity index (χ0n) is 33.7. The van der Waals surface area contributed by atoms with E-state index in [2.05, 4.69) is 186 Å². The second kappa shape index (κ2) is 16.7. The van der Waals surface area contributed by atoms with Gasteiger partial charge in [-0.05, 0) is 147 Å². The quantitative estimate of drug-likeness (QED) is 0.159. The minimum atomic E-state index is 0.670. The fraction of sp³-hybridized carbons (Fsp3) is 0.145. The Bertz CT molecular complexity index is 2760. The third kappa shape index (κ3) is 7.44. The van der Waals surface area contributed by atoms with Crippen molar-refractivity contribution in [3.05, 3.63) is 193 Å². The highest BCUT2D eigenvalue weighted by Crippen LogP contribution is 2.46. The van der Waals surface area contributed by atoms with Crippen molar-refractivity contribution in [2.45, 2.75) is 53.4 Å². The number of aryl methyl sites for hydroxylation is 1. The maximum Gasteiger partial charge on any atom is 0.0541 e. The van der Waals surface area contributed by atoms with Crippen LogP contribution >= 0.6 is 0 Å². The van der Waals surface area contributed by atoms with Gasteiger partial charge in [-0.3, -0.25) is 4.98 Å². The number of pyridine rings is 1. The Labute approximate surface area is 338 Å². The minimum absolute atomic E-state index is 0.670. The van der Waals surface area contributed by atoms with Crippen LogP contribution in [-0.4, -0.2) is 9.55 Å². The lowest BCUT2D eigenvalue weighted by Crippen LogP contribution is -1.94. The maximum absolute atomic E-state index is 4.37. The normalized spacial score (nSPS) is 12.1. The first-order valence-electron chi connectivity index (χ1n) is 20.6. The van der Waals surface area contributed by atoms with Crippen LogP contribution in [0.5, 0.6) is 0 Å². The average Bonchev–Trinajstić information content (AvgIpc) is 4.09. The monoisotopic (exact) mass is 738 g/mol. The zero-order chi connectivity index (χ0) is 39.3. The van der Waals surface area contributed by atoms with E-state index >= 15 is 0 Å². The molecule has 2 heteroatoms. The molecule has 0 N–H and O–H groups in total. The molecular weight excluding hydrogens is 689 g/mol. The van der Waals surface area contributed by atoms with Crippen molar-refractivity contribution in [2.24, 2.45) is 0 Å². The molecule has 0 atom stereocenters. The molecule has 57 heavy (non-hydrogen) atoms. The van der Waals surface area contributed by atoms with Crippen molar-refractivity contribution < 1.29 is 0 Å². The van der Waals surface area contributed by atoms with Crippen LogP contribution in [0.3, 0.4) is 0 Å². The van der Waals surface area contributed by atoms with Crippen LogP contribution in [0.2, 0.25) is 0 Å². The fourth-order valence-corrected chi connectivity index (χ4v) is 8.16. The third-order valence-corrected chi connectivity index (χ3v) is 11.0. The lowest BCUT2D eigenvalue weighted by Gasteiger charge is -2.15. The predicted molar refractivity (Wildman–Crippen MR) is 245 cm³/mol. The molecule has 0 radical (unpaired) electrons.